The Balaban J connectivity index is 1.80. The molecule has 0 aromatic carbocycles. The van der Waals surface area contributed by atoms with E-state index in [1.54, 1.807) is 0 Å². The van der Waals surface area contributed by atoms with Gasteiger partial charge in [0, 0.05) is 0 Å². The Labute approximate surface area is 69.0 Å². The van der Waals surface area contributed by atoms with Crippen LogP contribution in [-0.2, 0) is 0 Å². The molecule has 0 aliphatic heterocycles. The molecule has 0 saturated carbocycles. The maximum absolute atomic E-state index is 2.41. The highest BCUT2D eigenvalue weighted by molar-refractivity contribution is 5.02. The average Bonchev–Trinajstić information content (AvgIpc) is 2.60. The summed E-state index contributed by atoms with van der Waals surface area (Å²) < 4.78 is 0. The molecule has 0 saturated heterocycles. The van der Waals surface area contributed by atoms with E-state index in [4.69, 9.17) is 0 Å². The molecule has 0 bridgehead atoms. The summed E-state index contributed by atoms with van der Waals surface area (Å²) >= 11 is 0. The van der Waals surface area contributed by atoms with Gasteiger partial charge in [-0.15, -0.1) is 0 Å². The summed E-state index contributed by atoms with van der Waals surface area (Å²) in [4.78, 5) is 0. The summed E-state index contributed by atoms with van der Waals surface area (Å²) in [5.74, 6) is 1.81. The minimum absolute atomic E-state index is 0.905. The van der Waals surface area contributed by atoms with Crippen molar-refractivity contribution in [1.82, 2.24) is 0 Å². The fraction of sp³-hybridized carbons (Fsp3) is 0.636. The molecule has 0 spiro atoms. The van der Waals surface area contributed by atoms with Crippen molar-refractivity contribution >= 4 is 0 Å². The molecule has 0 heterocycles. The molecule has 0 amide bonds. The number of hydrogen-bond acceptors (Lipinski definition) is 0. The van der Waals surface area contributed by atoms with Gasteiger partial charge in [0.1, 0.15) is 0 Å². The molecule has 2 atom stereocenters. The Morgan fingerprint density at radius 3 is 1.82 bits per heavy atom. The van der Waals surface area contributed by atoms with E-state index in [0.717, 1.165) is 11.8 Å². The van der Waals surface area contributed by atoms with Gasteiger partial charge in [0.05, 0.1) is 0 Å². The number of rotatable bonds is 2. The highest BCUT2D eigenvalue weighted by atomic mass is 14.2. The molecule has 0 heteroatoms. The van der Waals surface area contributed by atoms with Crippen LogP contribution in [0.25, 0.3) is 0 Å². The molecule has 0 aromatic heterocycles. The van der Waals surface area contributed by atoms with Crippen molar-refractivity contribution in [2.75, 3.05) is 0 Å². The summed E-state index contributed by atoms with van der Waals surface area (Å²) in [6.07, 6.45) is 16.4. The van der Waals surface area contributed by atoms with Crippen molar-refractivity contribution in [3.63, 3.8) is 0 Å². The summed E-state index contributed by atoms with van der Waals surface area (Å²) in [5.41, 5.74) is 0. The second kappa shape index (κ2) is 3.25. The molecular weight excluding hydrogens is 132 g/mol. The summed E-state index contributed by atoms with van der Waals surface area (Å²) in [6, 6.07) is 0. The third-order valence-corrected chi connectivity index (χ3v) is 2.83. The van der Waals surface area contributed by atoms with Gasteiger partial charge in [-0.3, -0.25) is 0 Å². The number of allylic oxidation sites excluding steroid dienone is 4. The molecule has 0 aromatic rings. The van der Waals surface area contributed by atoms with Crippen LogP contribution < -0.4 is 0 Å². The van der Waals surface area contributed by atoms with Gasteiger partial charge in [-0.05, 0) is 43.9 Å². The summed E-state index contributed by atoms with van der Waals surface area (Å²) in [6.45, 7) is 0. The van der Waals surface area contributed by atoms with Gasteiger partial charge in [-0.25, -0.2) is 0 Å². The van der Waals surface area contributed by atoms with Gasteiger partial charge in [-0.2, -0.15) is 0 Å². The Kier molecular flexibility index (Phi) is 2.11. The molecule has 0 nitrogen and oxygen atoms in total. The van der Waals surface area contributed by atoms with E-state index in [9.17, 15) is 0 Å². The molecule has 2 rings (SSSR count). The van der Waals surface area contributed by atoms with Crippen LogP contribution in [-0.4, -0.2) is 0 Å². The van der Waals surface area contributed by atoms with Crippen molar-refractivity contribution in [2.45, 2.75) is 32.1 Å². The van der Waals surface area contributed by atoms with E-state index >= 15 is 0 Å². The summed E-state index contributed by atoms with van der Waals surface area (Å²) in [7, 11) is 0. The van der Waals surface area contributed by atoms with Gasteiger partial charge in [0.25, 0.3) is 0 Å². The smallest absolute Gasteiger partial charge is 0.0225 e. The van der Waals surface area contributed by atoms with Crippen molar-refractivity contribution in [2.24, 2.45) is 11.8 Å². The van der Waals surface area contributed by atoms with Crippen molar-refractivity contribution < 1.29 is 0 Å². The monoisotopic (exact) mass is 148 g/mol. The number of hydrogen-bond donors (Lipinski definition) is 0. The van der Waals surface area contributed by atoms with Crippen LogP contribution in [0, 0.1) is 11.8 Å². The standard InChI is InChI=1S/C11H16/c1-2-6-10(5-1)9-11-7-3-4-8-11/h1,3,5,7,10-11H,2,4,6,8-9H2/t10-,11-/m0/s1. The fourth-order valence-electron chi connectivity index (χ4n) is 2.17. The first-order valence-corrected chi connectivity index (χ1v) is 4.78. The second-order valence-corrected chi connectivity index (χ2v) is 3.77. The molecule has 0 unspecified atom stereocenters. The van der Waals surface area contributed by atoms with Crippen LogP contribution in [0.3, 0.4) is 0 Å². The third-order valence-electron chi connectivity index (χ3n) is 2.83. The largest absolute Gasteiger partial charge is 0.0882 e. The Morgan fingerprint density at radius 2 is 1.45 bits per heavy atom. The van der Waals surface area contributed by atoms with E-state index in [-0.39, 0.29) is 0 Å². The van der Waals surface area contributed by atoms with Crippen molar-refractivity contribution in [3.05, 3.63) is 24.3 Å². The van der Waals surface area contributed by atoms with Crippen LogP contribution in [0.2, 0.25) is 0 Å². The third kappa shape index (κ3) is 1.74. The Morgan fingerprint density at radius 1 is 0.909 bits per heavy atom. The first-order chi connectivity index (χ1) is 5.45. The molecular formula is C11H16. The maximum atomic E-state index is 2.41. The quantitative estimate of drug-likeness (QED) is 0.527. The van der Waals surface area contributed by atoms with Gasteiger partial charge >= 0.3 is 0 Å². The minimum atomic E-state index is 0.905. The summed E-state index contributed by atoms with van der Waals surface area (Å²) in [5, 5.41) is 0. The minimum Gasteiger partial charge on any atom is -0.0882 e. The van der Waals surface area contributed by atoms with Crippen LogP contribution in [0.1, 0.15) is 32.1 Å². The van der Waals surface area contributed by atoms with Gasteiger partial charge < -0.3 is 0 Å². The zero-order valence-corrected chi connectivity index (χ0v) is 7.00. The van der Waals surface area contributed by atoms with Crippen molar-refractivity contribution in [1.29, 1.82) is 0 Å². The predicted octanol–water partition coefficient (Wildman–Crippen LogP) is 3.31. The van der Waals surface area contributed by atoms with Gasteiger partial charge in [0.15, 0.2) is 0 Å². The topological polar surface area (TPSA) is 0 Å². The predicted molar refractivity (Wildman–Crippen MR) is 48.3 cm³/mol. The molecule has 2 aliphatic carbocycles. The SMILES string of the molecule is C1=C[C@H](C[C@H]2C=CCC2)CC1. The van der Waals surface area contributed by atoms with Crippen LogP contribution in [0.5, 0.6) is 0 Å². The highest BCUT2D eigenvalue weighted by Gasteiger charge is 2.16. The highest BCUT2D eigenvalue weighted by Crippen LogP contribution is 2.29. The zero-order valence-electron chi connectivity index (χ0n) is 7.00. The second-order valence-electron chi connectivity index (χ2n) is 3.77. The zero-order chi connectivity index (χ0) is 7.52. The molecule has 0 radical (unpaired) electrons. The molecule has 0 N–H and O–H groups in total. The molecule has 11 heavy (non-hydrogen) atoms. The lowest BCUT2D eigenvalue weighted by Gasteiger charge is -2.11. The Bertz CT molecular complexity index is 156. The lowest BCUT2D eigenvalue weighted by Crippen LogP contribution is -2.00. The first-order valence-electron chi connectivity index (χ1n) is 4.78. The van der Waals surface area contributed by atoms with Crippen LogP contribution >= 0.6 is 0 Å². The lowest BCUT2D eigenvalue weighted by molar-refractivity contribution is 0.470. The van der Waals surface area contributed by atoms with E-state index in [0.29, 0.717) is 0 Å². The average molecular weight is 148 g/mol. The Hall–Kier alpha value is -0.520. The van der Waals surface area contributed by atoms with Gasteiger partial charge in [0.2, 0.25) is 0 Å². The van der Waals surface area contributed by atoms with E-state index < -0.39 is 0 Å². The fourth-order valence-corrected chi connectivity index (χ4v) is 2.17. The van der Waals surface area contributed by atoms with E-state index in [1.165, 1.54) is 32.1 Å². The van der Waals surface area contributed by atoms with Crippen LogP contribution in [0.4, 0.5) is 0 Å². The lowest BCUT2D eigenvalue weighted by atomic mass is 9.94. The maximum Gasteiger partial charge on any atom is -0.0225 e. The van der Waals surface area contributed by atoms with Crippen LogP contribution in [0.15, 0.2) is 24.3 Å². The molecule has 60 valence electrons. The molecule has 2 aliphatic rings. The first kappa shape index (κ1) is 7.15. The normalized spacial score (nSPS) is 35.3. The van der Waals surface area contributed by atoms with Gasteiger partial charge in [-0.1, -0.05) is 24.3 Å². The molecule has 0 fully saturated rings. The van der Waals surface area contributed by atoms with E-state index in [2.05, 4.69) is 24.3 Å². The van der Waals surface area contributed by atoms with Crippen molar-refractivity contribution in [3.8, 4) is 0 Å². The van der Waals surface area contributed by atoms with E-state index in [1.807, 2.05) is 0 Å².